The number of hydrogen-bond donors (Lipinski definition) is 2. The van der Waals surface area contributed by atoms with E-state index in [1.54, 1.807) is 23.2 Å². The number of aryl methyl sites for hydroxylation is 2. The van der Waals surface area contributed by atoms with Crippen LogP contribution in [-0.4, -0.2) is 47.9 Å². The van der Waals surface area contributed by atoms with E-state index in [1.165, 1.54) is 15.3 Å². The summed E-state index contributed by atoms with van der Waals surface area (Å²) in [5.41, 5.74) is 1.30. The molecular formula is C17H28N2O3S. The Labute approximate surface area is 142 Å². The molecule has 0 radical (unpaired) electrons. The number of carbonyl (C=O) groups is 1. The first-order valence-corrected chi connectivity index (χ1v) is 9.16. The minimum absolute atomic E-state index is 0.0125. The highest BCUT2D eigenvalue weighted by molar-refractivity contribution is 7.12. The van der Waals surface area contributed by atoms with Crippen LogP contribution in [-0.2, 0) is 11.2 Å². The molecule has 3 atom stereocenters. The zero-order chi connectivity index (χ0) is 17.0. The Morgan fingerprint density at radius 1 is 1.57 bits per heavy atom. The smallest absolute Gasteiger partial charge is 0.318 e. The number of morpholine rings is 1. The van der Waals surface area contributed by atoms with Gasteiger partial charge in [-0.15, -0.1) is 11.3 Å². The molecule has 1 aliphatic rings. The number of nitrogens with one attached hydrogen (secondary N) is 1. The first kappa shape index (κ1) is 18.2. The van der Waals surface area contributed by atoms with E-state index in [0.29, 0.717) is 26.2 Å². The van der Waals surface area contributed by atoms with Crippen LogP contribution in [0.4, 0.5) is 4.79 Å². The fourth-order valence-corrected chi connectivity index (χ4v) is 4.08. The molecule has 2 N–H and O–H groups in total. The zero-order valence-corrected chi connectivity index (χ0v) is 15.3. The van der Waals surface area contributed by atoms with Crippen LogP contribution in [0.1, 0.15) is 48.6 Å². The summed E-state index contributed by atoms with van der Waals surface area (Å²) in [5.74, 6) is 0. The highest BCUT2D eigenvalue weighted by atomic mass is 32.1. The van der Waals surface area contributed by atoms with Crippen molar-refractivity contribution in [2.24, 2.45) is 0 Å². The summed E-state index contributed by atoms with van der Waals surface area (Å²) < 4.78 is 5.46. The number of rotatable bonds is 5. The quantitative estimate of drug-likeness (QED) is 0.866. The maximum absolute atomic E-state index is 12.6. The van der Waals surface area contributed by atoms with E-state index < -0.39 is 6.10 Å². The third-order valence-corrected chi connectivity index (χ3v) is 5.79. The van der Waals surface area contributed by atoms with E-state index in [0.717, 1.165) is 6.42 Å². The number of amides is 2. The van der Waals surface area contributed by atoms with Crippen LogP contribution in [0.25, 0.3) is 0 Å². The molecule has 23 heavy (non-hydrogen) atoms. The van der Waals surface area contributed by atoms with Gasteiger partial charge in [0.1, 0.15) is 0 Å². The predicted molar refractivity (Wildman–Crippen MR) is 93.0 cm³/mol. The van der Waals surface area contributed by atoms with E-state index in [1.807, 2.05) is 6.92 Å². The van der Waals surface area contributed by atoms with Gasteiger partial charge < -0.3 is 20.1 Å². The van der Waals surface area contributed by atoms with E-state index in [-0.39, 0.29) is 18.1 Å². The van der Waals surface area contributed by atoms with Crippen molar-refractivity contribution in [3.63, 3.8) is 0 Å². The topological polar surface area (TPSA) is 61.8 Å². The van der Waals surface area contributed by atoms with Crippen LogP contribution in [0, 0.1) is 6.92 Å². The maximum atomic E-state index is 12.6. The molecule has 130 valence electrons. The summed E-state index contributed by atoms with van der Waals surface area (Å²) in [6, 6.07) is 2.02. The summed E-state index contributed by atoms with van der Waals surface area (Å²) in [6.45, 7) is 9.65. The highest BCUT2D eigenvalue weighted by Crippen LogP contribution is 2.27. The first-order chi connectivity index (χ1) is 10.9. The lowest BCUT2D eigenvalue weighted by molar-refractivity contribution is -0.00472. The van der Waals surface area contributed by atoms with Crippen LogP contribution in [0.3, 0.4) is 0 Å². The number of aliphatic hydroxyl groups excluding tert-OH is 1. The number of carbonyl (C=O) groups excluding carboxylic acids is 1. The predicted octanol–water partition coefficient (Wildman–Crippen LogP) is 2.86. The van der Waals surface area contributed by atoms with Gasteiger partial charge >= 0.3 is 6.03 Å². The Morgan fingerprint density at radius 2 is 2.30 bits per heavy atom. The molecule has 0 saturated carbocycles. The zero-order valence-electron chi connectivity index (χ0n) is 14.5. The summed E-state index contributed by atoms with van der Waals surface area (Å²) in [4.78, 5) is 17.0. The van der Waals surface area contributed by atoms with Crippen LogP contribution >= 0.6 is 11.3 Å². The highest BCUT2D eigenvalue weighted by Gasteiger charge is 2.29. The van der Waals surface area contributed by atoms with Crippen LogP contribution in [0.2, 0.25) is 0 Å². The number of nitrogens with zero attached hydrogens (tertiary/aromatic N) is 1. The van der Waals surface area contributed by atoms with Gasteiger partial charge in [-0.2, -0.15) is 0 Å². The molecule has 2 heterocycles. The van der Waals surface area contributed by atoms with Gasteiger partial charge in [0.2, 0.25) is 0 Å². The normalized spacial score (nSPS) is 21.1. The Balaban J connectivity index is 2.00. The molecule has 1 aromatic heterocycles. The molecule has 0 aromatic carbocycles. The summed E-state index contributed by atoms with van der Waals surface area (Å²) in [6.07, 6.45) is 1.12. The molecule has 1 aromatic rings. The summed E-state index contributed by atoms with van der Waals surface area (Å²) in [5, 5.41) is 12.7. The van der Waals surface area contributed by atoms with E-state index in [4.69, 9.17) is 4.74 Å². The molecule has 1 saturated heterocycles. The van der Waals surface area contributed by atoms with Crippen molar-refractivity contribution in [1.82, 2.24) is 10.2 Å². The average Bonchev–Trinajstić information content (AvgIpc) is 2.88. The third kappa shape index (κ3) is 4.68. The standard InChI is InChI=1S/C17H28N2O3S/c1-5-15-11(2)8-16(23-15)13(4)18-17(21)19-6-7-22-10-14(19)9-12(3)20/h8,12-14,20H,5-7,9-10H2,1-4H3,(H,18,21)/t12-,13+,14-/m1/s1. The average molecular weight is 340 g/mol. The molecule has 2 amide bonds. The molecule has 0 bridgehead atoms. The molecule has 6 heteroatoms. The number of hydrogen-bond acceptors (Lipinski definition) is 4. The monoisotopic (exact) mass is 340 g/mol. The molecule has 5 nitrogen and oxygen atoms in total. The number of aliphatic hydroxyl groups is 1. The largest absolute Gasteiger partial charge is 0.393 e. The molecule has 1 fully saturated rings. The lowest BCUT2D eigenvalue weighted by atomic mass is 10.1. The number of urea groups is 1. The molecular weight excluding hydrogens is 312 g/mol. The van der Waals surface area contributed by atoms with Crippen molar-refractivity contribution in [3.8, 4) is 0 Å². The van der Waals surface area contributed by atoms with Gasteiger partial charge in [0.15, 0.2) is 0 Å². The van der Waals surface area contributed by atoms with E-state index >= 15 is 0 Å². The van der Waals surface area contributed by atoms with Gasteiger partial charge in [-0.3, -0.25) is 0 Å². The van der Waals surface area contributed by atoms with Gasteiger partial charge in [-0.05, 0) is 45.2 Å². The van der Waals surface area contributed by atoms with Crippen molar-refractivity contribution in [2.45, 2.75) is 58.7 Å². The van der Waals surface area contributed by atoms with Crippen LogP contribution in [0.15, 0.2) is 6.07 Å². The Hall–Kier alpha value is -1.11. The molecule has 1 aliphatic heterocycles. The lowest BCUT2D eigenvalue weighted by Gasteiger charge is -2.36. The minimum atomic E-state index is -0.443. The molecule has 2 rings (SSSR count). The summed E-state index contributed by atoms with van der Waals surface area (Å²) >= 11 is 1.77. The van der Waals surface area contributed by atoms with E-state index in [9.17, 15) is 9.90 Å². The number of ether oxygens (including phenoxy) is 1. The first-order valence-electron chi connectivity index (χ1n) is 8.34. The van der Waals surface area contributed by atoms with Gasteiger partial charge in [0.05, 0.1) is 31.4 Å². The second kappa shape index (κ2) is 8.13. The lowest BCUT2D eigenvalue weighted by Crippen LogP contribution is -2.53. The molecule has 0 unspecified atom stereocenters. The number of thiophene rings is 1. The van der Waals surface area contributed by atoms with Crippen molar-refractivity contribution in [1.29, 1.82) is 0 Å². The maximum Gasteiger partial charge on any atom is 0.318 e. The SMILES string of the molecule is CCc1sc([C@H](C)NC(=O)N2CCOC[C@H]2C[C@@H](C)O)cc1C. The fraction of sp³-hybridized carbons (Fsp3) is 0.706. The van der Waals surface area contributed by atoms with Gasteiger partial charge in [-0.25, -0.2) is 4.79 Å². The van der Waals surface area contributed by atoms with Crippen LogP contribution in [0.5, 0.6) is 0 Å². The van der Waals surface area contributed by atoms with Gasteiger partial charge in [0, 0.05) is 16.3 Å². The third-order valence-electron chi connectivity index (χ3n) is 4.23. The Kier molecular flexibility index (Phi) is 6.44. The van der Waals surface area contributed by atoms with Crippen LogP contribution < -0.4 is 5.32 Å². The fourth-order valence-electron chi connectivity index (χ4n) is 2.96. The molecule has 0 spiro atoms. The van der Waals surface area contributed by atoms with Crippen molar-refractivity contribution in [2.75, 3.05) is 19.8 Å². The Bertz CT molecular complexity index is 530. The van der Waals surface area contributed by atoms with Gasteiger partial charge in [-0.1, -0.05) is 6.92 Å². The Morgan fingerprint density at radius 3 is 2.91 bits per heavy atom. The second-order valence-electron chi connectivity index (χ2n) is 6.29. The van der Waals surface area contributed by atoms with E-state index in [2.05, 4.69) is 25.2 Å². The molecule has 0 aliphatic carbocycles. The minimum Gasteiger partial charge on any atom is -0.393 e. The van der Waals surface area contributed by atoms with Gasteiger partial charge in [0.25, 0.3) is 0 Å². The second-order valence-corrected chi connectivity index (χ2v) is 7.45. The van der Waals surface area contributed by atoms with Crippen molar-refractivity contribution >= 4 is 17.4 Å². The van der Waals surface area contributed by atoms with Crippen molar-refractivity contribution in [3.05, 3.63) is 21.4 Å². The van der Waals surface area contributed by atoms with Crippen molar-refractivity contribution < 1.29 is 14.6 Å². The summed E-state index contributed by atoms with van der Waals surface area (Å²) in [7, 11) is 0.